The van der Waals surface area contributed by atoms with Gasteiger partial charge in [0.1, 0.15) is 11.5 Å². The van der Waals surface area contributed by atoms with Gasteiger partial charge in [-0.25, -0.2) is 0 Å². The van der Waals surface area contributed by atoms with E-state index >= 15 is 0 Å². The first-order valence-electron chi connectivity index (χ1n) is 9.58. The number of rotatable bonds is 4. The van der Waals surface area contributed by atoms with Crippen LogP contribution in [0.15, 0.2) is 84.4 Å². The summed E-state index contributed by atoms with van der Waals surface area (Å²) >= 11 is 0. The van der Waals surface area contributed by atoms with Gasteiger partial charge >= 0.3 is 0 Å². The minimum absolute atomic E-state index is 0.0675. The van der Waals surface area contributed by atoms with Gasteiger partial charge in [-0.1, -0.05) is 66.2 Å². The highest BCUT2D eigenvalue weighted by atomic mass is 16.5. The quantitative estimate of drug-likeness (QED) is 0.395. The number of aliphatic hydroxyl groups excluding tert-OH is 1. The van der Waals surface area contributed by atoms with Crippen molar-refractivity contribution in [1.82, 2.24) is 0 Å². The van der Waals surface area contributed by atoms with Gasteiger partial charge in [-0.3, -0.25) is 14.5 Å². The number of aryl methyl sites for hydroxylation is 1. The molecule has 1 fully saturated rings. The zero-order valence-electron chi connectivity index (χ0n) is 16.7. The predicted octanol–water partition coefficient (Wildman–Crippen LogP) is 4.63. The Morgan fingerprint density at radius 1 is 0.933 bits per heavy atom. The van der Waals surface area contributed by atoms with Gasteiger partial charge in [-0.05, 0) is 24.6 Å². The van der Waals surface area contributed by atoms with Crippen molar-refractivity contribution >= 4 is 23.1 Å². The van der Waals surface area contributed by atoms with Crippen LogP contribution < -0.4 is 9.64 Å². The molecular weight excluding hydrogens is 378 g/mol. The fraction of sp³-hybridized carbons (Fsp3) is 0.120. The zero-order valence-corrected chi connectivity index (χ0v) is 16.7. The lowest BCUT2D eigenvalue weighted by molar-refractivity contribution is -0.132. The topological polar surface area (TPSA) is 66.8 Å². The SMILES string of the molecule is COc1cccc(N2C(=O)C(=O)C(=C(O)c3ccccc3)[C@@H]2c2ccc(C)cc2)c1. The molecule has 1 amide bonds. The van der Waals surface area contributed by atoms with E-state index in [1.54, 1.807) is 55.6 Å². The second-order valence-electron chi connectivity index (χ2n) is 7.15. The smallest absolute Gasteiger partial charge is 0.300 e. The van der Waals surface area contributed by atoms with Crippen molar-refractivity contribution in [2.75, 3.05) is 12.0 Å². The fourth-order valence-corrected chi connectivity index (χ4v) is 3.67. The minimum atomic E-state index is -0.752. The third-order valence-corrected chi connectivity index (χ3v) is 5.22. The van der Waals surface area contributed by atoms with Crippen molar-refractivity contribution in [2.24, 2.45) is 0 Å². The number of ether oxygens (including phenoxy) is 1. The van der Waals surface area contributed by atoms with Crippen LogP contribution in [0.25, 0.3) is 5.76 Å². The normalized spacial score (nSPS) is 17.9. The molecule has 150 valence electrons. The number of benzene rings is 3. The Balaban J connectivity index is 1.94. The lowest BCUT2D eigenvalue weighted by Crippen LogP contribution is -2.29. The van der Waals surface area contributed by atoms with Gasteiger partial charge in [-0.2, -0.15) is 0 Å². The average molecular weight is 399 g/mol. The average Bonchev–Trinajstić information content (AvgIpc) is 3.05. The monoisotopic (exact) mass is 399 g/mol. The summed E-state index contributed by atoms with van der Waals surface area (Å²) < 4.78 is 5.29. The highest BCUT2D eigenvalue weighted by Crippen LogP contribution is 2.42. The van der Waals surface area contributed by atoms with Crippen LogP contribution in [0.5, 0.6) is 5.75 Å². The van der Waals surface area contributed by atoms with E-state index in [0.717, 1.165) is 11.1 Å². The van der Waals surface area contributed by atoms with E-state index in [9.17, 15) is 14.7 Å². The largest absolute Gasteiger partial charge is 0.507 e. The molecule has 0 unspecified atom stereocenters. The summed E-state index contributed by atoms with van der Waals surface area (Å²) in [6, 6.07) is 22.6. The van der Waals surface area contributed by atoms with Gasteiger partial charge in [-0.15, -0.1) is 0 Å². The molecule has 1 aliphatic rings. The molecule has 0 radical (unpaired) electrons. The Hall–Kier alpha value is -3.86. The van der Waals surface area contributed by atoms with Gasteiger partial charge in [0, 0.05) is 17.3 Å². The van der Waals surface area contributed by atoms with Crippen molar-refractivity contribution in [3.05, 3.63) is 101 Å². The molecule has 5 nitrogen and oxygen atoms in total. The molecule has 0 aliphatic carbocycles. The van der Waals surface area contributed by atoms with E-state index in [0.29, 0.717) is 17.0 Å². The molecule has 0 spiro atoms. The first kappa shape index (κ1) is 19.5. The first-order chi connectivity index (χ1) is 14.5. The van der Waals surface area contributed by atoms with Gasteiger partial charge < -0.3 is 9.84 Å². The third-order valence-electron chi connectivity index (χ3n) is 5.22. The van der Waals surface area contributed by atoms with E-state index in [4.69, 9.17) is 4.74 Å². The molecule has 3 aromatic rings. The number of nitrogens with zero attached hydrogens (tertiary/aromatic N) is 1. The highest BCUT2D eigenvalue weighted by molar-refractivity contribution is 6.51. The van der Waals surface area contributed by atoms with Gasteiger partial charge in [0.2, 0.25) is 0 Å². The fourth-order valence-electron chi connectivity index (χ4n) is 3.67. The van der Waals surface area contributed by atoms with Crippen LogP contribution in [0.3, 0.4) is 0 Å². The molecule has 1 aliphatic heterocycles. The molecule has 4 rings (SSSR count). The Morgan fingerprint density at radius 3 is 2.30 bits per heavy atom. The lowest BCUT2D eigenvalue weighted by Gasteiger charge is -2.25. The molecular formula is C25H21NO4. The van der Waals surface area contributed by atoms with Crippen molar-refractivity contribution < 1.29 is 19.4 Å². The Labute approximate surface area is 174 Å². The standard InChI is InChI=1S/C25H21NO4/c1-16-11-13-17(14-12-16)22-21(23(27)18-7-4-3-5-8-18)24(28)25(29)26(22)19-9-6-10-20(15-19)30-2/h3-15,22,27H,1-2H3/t22-/m0/s1. The summed E-state index contributed by atoms with van der Waals surface area (Å²) in [5, 5.41) is 11.0. The lowest BCUT2D eigenvalue weighted by atomic mass is 9.94. The molecule has 3 aromatic carbocycles. The van der Waals surface area contributed by atoms with E-state index in [2.05, 4.69) is 0 Å². The number of carbonyl (C=O) groups is 2. The molecule has 0 saturated carbocycles. The van der Waals surface area contributed by atoms with Crippen LogP contribution in [-0.2, 0) is 9.59 Å². The maximum Gasteiger partial charge on any atom is 0.300 e. The molecule has 1 atom stereocenters. The number of hydrogen-bond acceptors (Lipinski definition) is 4. The van der Waals surface area contributed by atoms with Crippen LogP contribution in [0, 0.1) is 6.92 Å². The van der Waals surface area contributed by atoms with E-state index < -0.39 is 17.7 Å². The molecule has 1 N–H and O–H groups in total. The second-order valence-corrected chi connectivity index (χ2v) is 7.15. The summed E-state index contributed by atoms with van der Waals surface area (Å²) in [4.78, 5) is 27.6. The number of methoxy groups -OCH3 is 1. The van der Waals surface area contributed by atoms with Crippen LogP contribution in [0.1, 0.15) is 22.7 Å². The third kappa shape index (κ3) is 3.35. The Morgan fingerprint density at radius 2 is 1.63 bits per heavy atom. The first-order valence-corrected chi connectivity index (χ1v) is 9.58. The van der Waals surface area contributed by atoms with Gasteiger partial charge in [0.05, 0.1) is 18.7 Å². The maximum atomic E-state index is 13.1. The Bertz CT molecular complexity index is 1130. The summed E-state index contributed by atoms with van der Waals surface area (Å²) in [7, 11) is 1.54. The van der Waals surface area contributed by atoms with Crippen molar-refractivity contribution in [1.29, 1.82) is 0 Å². The van der Waals surface area contributed by atoms with E-state index in [1.165, 1.54) is 4.90 Å². The number of hydrogen-bond donors (Lipinski definition) is 1. The molecule has 1 heterocycles. The molecule has 1 saturated heterocycles. The van der Waals surface area contributed by atoms with Gasteiger partial charge in [0.25, 0.3) is 11.7 Å². The number of anilines is 1. The number of Topliss-reactive ketones (excluding diaryl/α,β-unsaturated/α-hetero) is 1. The number of carbonyl (C=O) groups excluding carboxylic acids is 2. The number of amides is 1. The van der Waals surface area contributed by atoms with Crippen molar-refractivity contribution in [3.63, 3.8) is 0 Å². The molecule has 0 aromatic heterocycles. The van der Waals surface area contributed by atoms with Gasteiger partial charge in [0.15, 0.2) is 0 Å². The molecule has 5 heteroatoms. The zero-order chi connectivity index (χ0) is 21.3. The summed E-state index contributed by atoms with van der Waals surface area (Å²) in [6.07, 6.45) is 0. The predicted molar refractivity (Wildman–Crippen MR) is 115 cm³/mol. The van der Waals surface area contributed by atoms with Crippen molar-refractivity contribution in [2.45, 2.75) is 13.0 Å². The second kappa shape index (κ2) is 7.87. The van der Waals surface area contributed by atoms with Crippen LogP contribution in [0.4, 0.5) is 5.69 Å². The molecule has 30 heavy (non-hydrogen) atoms. The van der Waals surface area contributed by atoms with Crippen LogP contribution >= 0.6 is 0 Å². The summed E-state index contributed by atoms with van der Waals surface area (Å²) in [5.74, 6) is -1.03. The minimum Gasteiger partial charge on any atom is -0.507 e. The maximum absolute atomic E-state index is 13.1. The van der Waals surface area contributed by atoms with E-state index in [1.807, 2.05) is 37.3 Å². The number of aliphatic hydroxyl groups is 1. The van der Waals surface area contributed by atoms with E-state index in [-0.39, 0.29) is 11.3 Å². The number of ketones is 1. The highest BCUT2D eigenvalue weighted by Gasteiger charge is 2.47. The Kier molecular flexibility index (Phi) is 5.11. The summed E-state index contributed by atoms with van der Waals surface area (Å²) in [6.45, 7) is 1.97. The summed E-state index contributed by atoms with van der Waals surface area (Å²) in [5.41, 5.74) is 2.87. The van der Waals surface area contributed by atoms with Crippen LogP contribution in [0.2, 0.25) is 0 Å². The molecule has 0 bridgehead atoms. The van der Waals surface area contributed by atoms with Crippen LogP contribution in [-0.4, -0.2) is 23.9 Å². The van der Waals surface area contributed by atoms with Crippen molar-refractivity contribution in [3.8, 4) is 5.75 Å².